The molecule has 14 heavy (non-hydrogen) atoms. The van der Waals surface area contributed by atoms with Crippen LogP contribution in [0.2, 0.25) is 0 Å². The van der Waals surface area contributed by atoms with Crippen molar-refractivity contribution in [3.8, 4) is 6.07 Å². The standard InChI is InChI=1S/C12H22N2/c1-3-4-5-8-12(2,11-13)14-9-6-7-10-14/h3-10H2,1-2H3. The minimum atomic E-state index is -0.189. The molecule has 0 N–H and O–H groups in total. The molecule has 0 amide bonds. The number of nitriles is 1. The molecular weight excluding hydrogens is 172 g/mol. The van der Waals surface area contributed by atoms with Gasteiger partial charge in [-0.3, -0.25) is 4.90 Å². The predicted molar refractivity (Wildman–Crippen MR) is 59.0 cm³/mol. The molecule has 1 heterocycles. The van der Waals surface area contributed by atoms with Crippen LogP contribution in [0.4, 0.5) is 0 Å². The molecule has 1 aliphatic heterocycles. The Morgan fingerprint density at radius 3 is 2.43 bits per heavy atom. The monoisotopic (exact) mass is 194 g/mol. The van der Waals surface area contributed by atoms with Crippen LogP contribution < -0.4 is 0 Å². The van der Waals surface area contributed by atoms with Gasteiger partial charge in [0.1, 0.15) is 5.54 Å². The number of nitrogens with zero attached hydrogens (tertiary/aromatic N) is 2. The quantitative estimate of drug-likeness (QED) is 0.629. The van der Waals surface area contributed by atoms with Gasteiger partial charge in [0.2, 0.25) is 0 Å². The van der Waals surface area contributed by atoms with Gasteiger partial charge in [-0.1, -0.05) is 26.2 Å². The average molecular weight is 194 g/mol. The number of unbranched alkanes of at least 4 members (excludes halogenated alkanes) is 2. The number of rotatable bonds is 5. The fourth-order valence-electron chi connectivity index (χ4n) is 2.21. The van der Waals surface area contributed by atoms with Gasteiger partial charge in [0, 0.05) is 0 Å². The van der Waals surface area contributed by atoms with Crippen LogP contribution in [0.5, 0.6) is 0 Å². The van der Waals surface area contributed by atoms with Crippen molar-refractivity contribution in [3.05, 3.63) is 0 Å². The van der Waals surface area contributed by atoms with Crippen molar-refractivity contribution in [2.24, 2.45) is 0 Å². The van der Waals surface area contributed by atoms with Crippen LogP contribution in [0.1, 0.15) is 52.4 Å². The third-order valence-corrected chi connectivity index (χ3v) is 3.31. The van der Waals surface area contributed by atoms with E-state index in [2.05, 4.69) is 24.8 Å². The van der Waals surface area contributed by atoms with Crippen molar-refractivity contribution in [1.82, 2.24) is 4.90 Å². The van der Waals surface area contributed by atoms with E-state index in [0.717, 1.165) is 19.5 Å². The van der Waals surface area contributed by atoms with Crippen molar-refractivity contribution in [2.45, 2.75) is 57.9 Å². The van der Waals surface area contributed by atoms with E-state index < -0.39 is 0 Å². The molecule has 0 aromatic rings. The molecule has 0 spiro atoms. The van der Waals surface area contributed by atoms with Crippen molar-refractivity contribution >= 4 is 0 Å². The lowest BCUT2D eigenvalue weighted by atomic mass is 9.94. The Morgan fingerprint density at radius 1 is 1.29 bits per heavy atom. The second kappa shape index (κ2) is 5.36. The highest BCUT2D eigenvalue weighted by Gasteiger charge is 2.32. The first kappa shape index (κ1) is 11.5. The molecule has 2 nitrogen and oxygen atoms in total. The van der Waals surface area contributed by atoms with Gasteiger partial charge in [0.05, 0.1) is 6.07 Å². The van der Waals surface area contributed by atoms with Gasteiger partial charge < -0.3 is 0 Å². The van der Waals surface area contributed by atoms with E-state index in [-0.39, 0.29) is 5.54 Å². The Labute approximate surface area is 87.9 Å². The van der Waals surface area contributed by atoms with Crippen LogP contribution in [-0.2, 0) is 0 Å². The summed E-state index contributed by atoms with van der Waals surface area (Å²) in [5.74, 6) is 0. The van der Waals surface area contributed by atoms with Crippen molar-refractivity contribution < 1.29 is 0 Å². The second-order valence-corrected chi connectivity index (χ2v) is 4.54. The lowest BCUT2D eigenvalue weighted by molar-refractivity contribution is 0.177. The number of hydrogen-bond acceptors (Lipinski definition) is 2. The Kier molecular flexibility index (Phi) is 4.41. The molecule has 2 heteroatoms. The molecule has 1 fully saturated rings. The smallest absolute Gasteiger partial charge is 0.106 e. The largest absolute Gasteiger partial charge is 0.286 e. The molecule has 1 atom stereocenters. The average Bonchev–Trinajstić information content (AvgIpc) is 2.71. The lowest BCUT2D eigenvalue weighted by Gasteiger charge is -2.32. The lowest BCUT2D eigenvalue weighted by Crippen LogP contribution is -2.43. The third-order valence-electron chi connectivity index (χ3n) is 3.31. The summed E-state index contributed by atoms with van der Waals surface area (Å²) in [7, 11) is 0. The summed E-state index contributed by atoms with van der Waals surface area (Å²) in [6, 6.07) is 2.51. The van der Waals surface area contributed by atoms with E-state index in [1.54, 1.807) is 0 Å². The highest BCUT2D eigenvalue weighted by molar-refractivity contribution is 5.06. The van der Waals surface area contributed by atoms with E-state index in [0.29, 0.717) is 0 Å². The molecule has 0 aromatic heterocycles. The van der Waals surface area contributed by atoms with Crippen LogP contribution in [0.3, 0.4) is 0 Å². The SMILES string of the molecule is CCCCCC(C)(C#N)N1CCCC1. The predicted octanol–water partition coefficient (Wildman–Crippen LogP) is 2.94. The van der Waals surface area contributed by atoms with Crippen molar-refractivity contribution in [3.63, 3.8) is 0 Å². The van der Waals surface area contributed by atoms with Crippen LogP contribution in [-0.4, -0.2) is 23.5 Å². The zero-order valence-corrected chi connectivity index (χ0v) is 9.55. The van der Waals surface area contributed by atoms with E-state index in [1.165, 1.54) is 32.1 Å². The first-order valence-corrected chi connectivity index (χ1v) is 5.89. The molecule has 0 radical (unpaired) electrons. The summed E-state index contributed by atoms with van der Waals surface area (Å²) in [6.07, 6.45) is 7.26. The molecular formula is C12H22N2. The molecule has 0 aliphatic carbocycles. The second-order valence-electron chi connectivity index (χ2n) is 4.54. The van der Waals surface area contributed by atoms with Gasteiger partial charge in [-0.15, -0.1) is 0 Å². The summed E-state index contributed by atoms with van der Waals surface area (Å²) < 4.78 is 0. The maximum Gasteiger partial charge on any atom is 0.106 e. The van der Waals surface area contributed by atoms with Crippen LogP contribution in [0, 0.1) is 11.3 Å². The molecule has 0 bridgehead atoms. The maximum absolute atomic E-state index is 9.25. The first-order chi connectivity index (χ1) is 6.73. The molecule has 0 aromatic carbocycles. The van der Waals surface area contributed by atoms with E-state index in [4.69, 9.17) is 0 Å². The van der Waals surface area contributed by atoms with Gasteiger partial charge in [-0.05, 0) is 39.3 Å². The molecule has 1 rings (SSSR count). The first-order valence-electron chi connectivity index (χ1n) is 5.89. The van der Waals surface area contributed by atoms with Crippen LogP contribution in [0.25, 0.3) is 0 Å². The van der Waals surface area contributed by atoms with Crippen molar-refractivity contribution in [2.75, 3.05) is 13.1 Å². The van der Waals surface area contributed by atoms with Gasteiger partial charge in [0.15, 0.2) is 0 Å². The van der Waals surface area contributed by atoms with E-state index in [9.17, 15) is 5.26 Å². The molecule has 1 unspecified atom stereocenters. The summed E-state index contributed by atoms with van der Waals surface area (Å²) in [4.78, 5) is 2.36. The van der Waals surface area contributed by atoms with E-state index in [1.807, 2.05) is 0 Å². The maximum atomic E-state index is 9.25. The Bertz CT molecular complexity index is 201. The minimum absolute atomic E-state index is 0.189. The number of hydrogen-bond donors (Lipinski definition) is 0. The Hall–Kier alpha value is -0.550. The van der Waals surface area contributed by atoms with Crippen LogP contribution in [0.15, 0.2) is 0 Å². The van der Waals surface area contributed by atoms with E-state index >= 15 is 0 Å². The summed E-state index contributed by atoms with van der Waals surface area (Å²) in [6.45, 7) is 6.56. The highest BCUT2D eigenvalue weighted by Crippen LogP contribution is 2.25. The molecule has 0 saturated carbocycles. The summed E-state index contributed by atoms with van der Waals surface area (Å²) in [5, 5.41) is 9.25. The molecule has 80 valence electrons. The van der Waals surface area contributed by atoms with Gasteiger partial charge >= 0.3 is 0 Å². The van der Waals surface area contributed by atoms with Crippen LogP contribution >= 0.6 is 0 Å². The fraction of sp³-hybridized carbons (Fsp3) is 0.917. The topological polar surface area (TPSA) is 27.0 Å². The van der Waals surface area contributed by atoms with Gasteiger partial charge in [-0.25, -0.2) is 0 Å². The zero-order chi connectivity index (χ0) is 10.4. The summed E-state index contributed by atoms with van der Waals surface area (Å²) >= 11 is 0. The van der Waals surface area contributed by atoms with Gasteiger partial charge in [0.25, 0.3) is 0 Å². The number of likely N-dealkylation sites (tertiary alicyclic amines) is 1. The highest BCUT2D eigenvalue weighted by atomic mass is 15.2. The minimum Gasteiger partial charge on any atom is -0.286 e. The third kappa shape index (κ3) is 2.72. The Morgan fingerprint density at radius 2 is 1.93 bits per heavy atom. The molecule has 1 saturated heterocycles. The normalized spacial score (nSPS) is 21.8. The fourth-order valence-corrected chi connectivity index (χ4v) is 2.21. The zero-order valence-electron chi connectivity index (χ0n) is 9.55. The van der Waals surface area contributed by atoms with Gasteiger partial charge in [-0.2, -0.15) is 5.26 Å². The summed E-state index contributed by atoms with van der Waals surface area (Å²) in [5.41, 5.74) is -0.189. The molecule has 1 aliphatic rings. The Balaban J connectivity index is 2.43. The van der Waals surface area contributed by atoms with Crippen molar-refractivity contribution in [1.29, 1.82) is 5.26 Å².